The standard InChI is InChI=1S/C19H24O2/c1-14-9-8-12-16(18(20)19(2,3)4)17(14)21-13-15-10-6-5-7-11-15/h5-12,18,20H,13H2,1-4H3. The minimum absolute atomic E-state index is 0.224. The molecule has 2 rings (SSSR count). The Hall–Kier alpha value is -1.80. The van der Waals surface area contributed by atoms with Crippen LogP contribution < -0.4 is 4.74 Å². The predicted octanol–water partition coefficient (Wildman–Crippen LogP) is 4.65. The van der Waals surface area contributed by atoms with E-state index in [1.807, 2.05) is 76.2 Å². The Bertz CT molecular complexity index is 582. The SMILES string of the molecule is Cc1cccc(C(O)C(C)(C)C)c1OCc1ccccc1. The highest BCUT2D eigenvalue weighted by molar-refractivity contribution is 5.42. The molecule has 0 heterocycles. The molecule has 0 aliphatic rings. The maximum Gasteiger partial charge on any atom is 0.128 e. The molecule has 0 aliphatic heterocycles. The lowest BCUT2D eigenvalue weighted by atomic mass is 9.84. The van der Waals surface area contributed by atoms with Crippen LogP contribution in [0.2, 0.25) is 0 Å². The predicted molar refractivity (Wildman–Crippen MR) is 86.4 cm³/mol. The molecule has 0 saturated carbocycles. The van der Waals surface area contributed by atoms with Crippen LogP contribution in [0.4, 0.5) is 0 Å². The van der Waals surface area contributed by atoms with E-state index < -0.39 is 6.10 Å². The number of ether oxygens (including phenoxy) is 1. The summed E-state index contributed by atoms with van der Waals surface area (Å²) in [5.74, 6) is 0.795. The molecule has 112 valence electrons. The molecular weight excluding hydrogens is 260 g/mol. The number of hydrogen-bond acceptors (Lipinski definition) is 2. The second-order valence-electron chi connectivity index (χ2n) is 6.54. The summed E-state index contributed by atoms with van der Waals surface area (Å²) in [6.07, 6.45) is -0.553. The van der Waals surface area contributed by atoms with Crippen molar-refractivity contribution < 1.29 is 9.84 Å². The van der Waals surface area contributed by atoms with E-state index in [0.717, 1.165) is 22.4 Å². The van der Waals surface area contributed by atoms with Crippen molar-refractivity contribution in [2.24, 2.45) is 5.41 Å². The van der Waals surface area contributed by atoms with Crippen LogP contribution in [-0.4, -0.2) is 5.11 Å². The molecule has 0 saturated heterocycles. The molecule has 21 heavy (non-hydrogen) atoms. The quantitative estimate of drug-likeness (QED) is 0.885. The first-order valence-corrected chi connectivity index (χ1v) is 7.34. The number of aryl methyl sites for hydroxylation is 1. The van der Waals surface area contributed by atoms with Gasteiger partial charge in [0.2, 0.25) is 0 Å². The van der Waals surface area contributed by atoms with Gasteiger partial charge in [0.05, 0.1) is 6.10 Å². The molecule has 1 unspecified atom stereocenters. The van der Waals surface area contributed by atoms with Crippen molar-refractivity contribution in [3.05, 3.63) is 65.2 Å². The summed E-state index contributed by atoms with van der Waals surface area (Å²) in [4.78, 5) is 0. The Balaban J connectivity index is 2.26. The number of benzene rings is 2. The third kappa shape index (κ3) is 3.85. The normalized spacial score (nSPS) is 13.0. The fourth-order valence-electron chi connectivity index (χ4n) is 2.28. The Morgan fingerprint density at radius 3 is 2.29 bits per heavy atom. The molecule has 0 spiro atoms. The highest BCUT2D eigenvalue weighted by Crippen LogP contribution is 2.38. The summed E-state index contributed by atoms with van der Waals surface area (Å²) < 4.78 is 6.01. The summed E-state index contributed by atoms with van der Waals surface area (Å²) in [5.41, 5.74) is 2.81. The Morgan fingerprint density at radius 1 is 1.00 bits per heavy atom. The van der Waals surface area contributed by atoms with Crippen molar-refractivity contribution in [1.82, 2.24) is 0 Å². The molecule has 0 amide bonds. The van der Waals surface area contributed by atoms with Crippen LogP contribution >= 0.6 is 0 Å². The largest absolute Gasteiger partial charge is 0.488 e. The van der Waals surface area contributed by atoms with E-state index in [1.54, 1.807) is 0 Å². The van der Waals surface area contributed by atoms with E-state index in [1.165, 1.54) is 0 Å². The summed E-state index contributed by atoms with van der Waals surface area (Å²) in [6, 6.07) is 16.0. The van der Waals surface area contributed by atoms with E-state index in [9.17, 15) is 5.11 Å². The van der Waals surface area contributed by atoms with E-state index in [2.05, 4.69) is 0 Å². The highest BCUT2D eigenvalue weighted by Gasteiger charge is 2.27. The lowest BCUT2D eigenvalue weighted by molar-refractivity contribution is 0.0594. The average Bonchev–Trinajstić information content (AvgIpc) is 2.45. The number of aliphatic hydroxyl groups is 1. The van der Waals surface area contributed by atoms with Crippen molar-refractivity contribution in [3.63, 3.8) is 0 Å². The summed E-state index contributed by atoms with van der Waals surface area (Å²) in [7, 11) is 0. The molecule has 2 heteroatoms. The van der Waals surface area contributed by atoms with Gasteiger partial charge < -0.3 is 9.84 Å². The minimum Gasteiger partial charge on any atom is -0.488 e. The molecule has 1 N–H and O–H groups in total. The van der Waals surface area contributed by atoms with Crippen molar-refractivity contribution in [2.75, 3.05) is 0 Å². The summed E-state index contributed by atoms with van der Waals surface area (Å²) >= 11 is 0. The molecule has 1 atom stereocenters. The van der Waals surface area contributed by atoms with Gasteiger partial charge in [0.15, 0.2) is 0 Å². The minimum atomic E-state index is -0.553. The fraction of sp³-hybridized carbons (Fsp3) is 0.368. The van der Waals surface area contributed by atoms with Gasteiger partial charge in [0, 0.05) is 5.56 Å². The first kappa shape index (κ1) is 15.6. The second-order valence-corrected chi connectivity index (χ2v) is 6.54. The molecule has 2 aromatic rings. The fourth-order valence-corrected chi connectivity index (χ4v) is 2.28. The van der Waals surface area contributed by atoms with Crippen LogP contribution in [0.5, 0.6) is 5.75 Å². The summed E-state index contributed by atoms with van der Waals surface area (Å²) in [6.45, 7) is 8.61. The number of para-hydroxylation sites is 1. The third-order valence-corrected chi connectivity index (χ3v) is 3.58. The second kappa shape index (κ2) is 6.31. The zero-order valence-corrected chi connectivity index (χ0v) is 13.3. The first-order valence-electron chi connectivity index (χ1n) is 7.34. The molecule has 0 aromatic heterocycles. The van der Waals surface area contributed by atoms with Crippen molar-refractivity contribution in [2.45, 2.75) is 40.4 Å². The molecular formula is C19H24O2. The molecule has 0 radical (unpaired) electrons. The number of aliphatic hydroxyl groups excluding tert-OH is 1. The van der Waals surface area contributed by atoms with Gasteiger partial charge >= 0.3 is 0 Å². The monoisotopic (exact) mass is 284 g/mol. The Morgan fingerprint density at radius 2 is 1.67 bits per heavy atom. The molecule has 0 fully saturated rings. The maximum atomic E-state index is 10.6. The van der Waals surface area contributed by atoms with E-state index in [0.29, 0.717) is 6.61 Å². The van der Waals surface area contributed by atoms with Gasteiger partial charge in [0.1, 0.15) is 12.4 Å². The van der Waals surface area contributed by atoms with E-state index >= 15 is 0 Å². The van der Waals surface area contributed by atoms with Gasteiger partial charge in [-0.15, -0.1) is 0 Å². The first-order chi connectivity index (χ1) is 9.89. The zero-order chi connectivity index (χ0) is 15.5. The van der Waals surface area contributed by atoms with E-state index in [-0.39, 0.29) is 5.41 Å². The van der Waals surface area contributed by atoms with Crippen LogP contribution in [0.1, 0.15) is 43.6 Å². The van der Waals surface area contributed by atoms with Crippen LogP contribution in [0.15, 0.2) is 48.5 Å². The lowest BCUT2D eigenvalue weighted by Crippen LogP contribution is -2.19. The van der Waals surface area contributed by atoms with Crippen molar-refractivity contribution >= 4 is 0 Å². The van der Waals surface area contributed by atoms with Gasteiger partial charge in [-0.05, 0) is 23.5 Å². The molecule has 2 aromatic carbocycles. The zero-order valence-electron chi connectivity index (χ0n) is 13.3. The van der Waals surface area contributed by atoms with Gasteiger partial charge in [-0.2, -0.15) is 0 Å². The maximum absolute atomic E-state index is 10.6. The highest BCUT2D eigenvalue weighted by atomic mass is 16.5. The summed E-state index contributed by atoms with van der Waals surface area (Å²) in [5, 5.41) is 10.6. The van der Waals surface area contributed by atoms with Crippen LogP contribution in [0.25, 0.3) is 0 Å². The van der Waals surface area contributed by atoms with Crippen LogP contribution in [0, 0.1) is 12.3 Å². The molecule has 0 aliphatic carbocycles. The Labute approximate surface area is 127 Å². The third-order valence-electron chi connectivity index (χ3n) is 3.58. The van der Waals surface area contributed by atoms with Gasteiger partial charge in [-0.3, -0.25) is 0 Å². The van der Waals surface area contributed by atoms with Gasteiger partial charge in [-0.1, -0.05) is 69.3 Å². The number of hydrogen-bond donors (Lipinski definition) is 1. The average molecular weight is 284 g/mol. The Kier molecular flexibility index (Phi) is 4.69. The van der Waals surface area contributed by atoms with Crippen molar-refractivity contribution in [3.8, 4) is 5.75 Å². The van der Waals surface area contributed by atoms with Crippen LogP contribution in [-0.2, 0) is 6.61 Å². The van der Waals surface area contributed by atoms with Crippen molar-refractivity contribution in [1.29, 1.82) is 0 Å². The van der Waals surface area contributed by atoms with Crippen LogP contribution in [0.3, 0.4) is 0 Å². The van der Waals surface area contributed by atoms with E-state index in [4.69, 9.17) is 4.74 Å². The molecule has 0 bridgehead atoms. The lowest BCUT2D eigenvalue weighted by Gasteiger charge is -2.28. The topological polar surface area (TPSA) is 29.5 Å². The smallest absolute Gasteiger partial charge is 0.128 e. The molecule has 2 nitrogen and oxygen atoms in total. The van der Waals surface area contributed by atoms with Gasteiger partial charge in [-0.25, -0.2) is 0 Å². The van der Waals surface area contributed by atoms with Gasteiger partial charge in [0.25, 0.3) is 0 Å². The number of rotatable bonds is 4.